The summed E-state index contributed by atoms with van der Waals surface area (Å²) < 4.78 is 26.0. The summed E-state index contributed by atoms with van der Waals surface area (Å²) in [5.41, 5.74) is 6.89. The van der Waals surface area contributed by atoms with Gasteiger partial charge in [0, 0.05) is 17.3 Å². The Morgan fingerprint density at radius 3 is 2.61 bits per heavy atom. The van der Waals surface area contributed by atoms with E-state index in [0.717, 1.165) is 0 Å². The van der Waals surface area contributed by atoms with E-state index in [-0.39, 0.29) is 0 Å². The van der Waals surface area contributed by atoms with Crippen molar-refractivity contribution in [2.75, 3.05) is 0 Å². The number of benzene rings is 1. The second-order valence-electron chi connectivity index (χ2n) is 5.06. The number of rotatable bonds is 5. The van der Waals surface area contributed by atoms with E-state index in [2.05, 4.69) is 10.4 Å². The maximum Gasteiger partial charge on any atom is 0.333 e. The first kappa shape index (κ1) is 16.6. The molecule has 2 aromatic rings. The van der Waals surface area contributed by atoms with E-state index >= 15 is 0 Å². The van der Waals surface area contributed by atoms with E-state index in [9.17, 15) is 18.4 Å². The van der Waals surface area contributed by atoms with Gasteiger partial charge >= 0.3 is 6.55 Å². The second kappa shape index (κ2) is 6.55. The van der Waals surface area contributed by atoms with Gasteiger partial charge in [0.25, 0.3) is 5.91 Å². The zero-order valence-corrected chi connectivity index (χ0v) is 12.6. The van der Waals surface area contributed by atoms with Gasteiger partial charge in [-0.2, -0.15) is 13.9 Å². The molecule has 0 radical (unpaired) electrons. The highest BCUT2D eigenvalue weighted by Crippen LogP contribution is 2.25. The zero-order valence-electron chi connectivity index (χ0n) is 12.6. The van der Waals surface area contributed by atoms with Gasteiger partial charge in [-0.3, -0.25) is 9.59 Å². The average Bonchev–Trinajstić information content (AvgIpc) is 2.89. The molecule has 0 saturated carbocycles. The lowest BCUT2D eigenvalue weighted by Gasteiger charge is -2.10. The lowest BCUT2D eigenvalue weighted by Crippen LogP contribution is -2.42. The fourth-order valence-electron chi connectivity index (χ4n) is 2.04. The third-order valence-corrected chi connectivity index (χ3v) is 3.33. The van der Waals surface area contributed by atoms with Crippen molar-refractivity contribution in [2.24, 2.45) is 5.73 Å². The van der Waals surface area contributed by atoms with Gasteiger partial charge in [0.1, 0.15) is 6.04 Å². The molecule has 0 saturated heterocycles. The number of primary amides is 1. The van der Waals surface area contributed by atoms with Crippen LogP contribution in [0.25, 0.3) is 11.1 Å². The van der Waals surface area contributed by atoms with Crippen LogP contribution in [0.5, 0.6) is 0 Å². The lowest BCUT2D eigenvalue weighted by atomic mass is 10.0. The molecule has 0 aliphatic rings. The number of alkyl halides is 2. The van der Waals surface area contributed by atoms with Crippen molar-refractivity contribution >= 4 is 11.8 Å². The predicted octanol–water partition coefficient (Wildman–Crippen LogP) is 1.86. The number of hydrogen-bond acceptors (Lipinski definition) is 3. The molecule has 0 spiro atoms. The molecule has 6 nitrogen and oxygen atoms in total. The highest BCUT2D eigenvalue weighted by Gasteiger charge is 2.16. The van der Waals surface area contributed by atoms with Gasteiger partial charge in [-0.25, -0.2) is 4.68 Å². The molecule has 0 fully saturated rings. The van der Waals surface area contributed by atoms with Gasteiger partial charge in [0.05, 0.1) is 5.69 Å². The number of carbonyl (C=O) groups is 2. The molecule has 1 atom stereocenters. The smallest absolute Gasteiger partial charge is 0.333 e. The average molecular weight is 322 g/mol. The second-order valence-corrected chi connectivity index (χ2v) is 5.06. The van der Waals surface area contributed by atoms with Crippen LogP contribution >= 0.6 is 0 Å². The van der Waals surface area contributed by atoms with E-state index in [1.165, 1.54) is 13.1 Å². The number of nitrogens with two attached hydrogens (primary N) is 1. The van der Waals surface area contributed by atoms with Crippen molar-refractivity contribution < 1.29 is 18.4 Å². The van der Waals surface area contributed by atoms with Gasteiger partial charge < -0.3 is 11.1 Å². The Balaban J connectivity index is 2.30. The fraction of sp³-hybridized carbons (Fsp3) is 0.267. The van der Waals surface area contributed by atoms with Crippen LogP contribution in [0, 0.1) is 6.92 Å². The van der Waals surface area contributed by atoms with E-state index in [0.29, 0.717) is 27.1 Å². The van der Waals surface area contributed by atoms with Crippen LogP contribution < -0.4 is 11.1 Å². The molecule has 23 heavy (non-hydrogen) atoms. The number of hydrogen-bond donors (Lipinski definition) is 2. The minimum atomic E-state index is -2.73. The lowest BCUT2D eigenvalue weighted by molar-refractivity contribution is -0.119. The first-order chi connectivity index (χ1) is 10.8. The molecule has 1 aromatic carbocycles. The highest BCUT2D eigenvalue weighted by molar-refractivity contribution is 5.98. The van der Waals surface area contributed by atoms with Crippen molar-refractivity contribution in [3.8, 4) is 11.1 Å². The first-order valence-electron chi connectivity index (χ1n) is 6.84. The Hall–Kier alpha value is -2.77. The topological polar surface area (TPSA) is 90.0 Å². The minimum Gasteiger partial charge on any atom is -0.368 e. The van der Waals surface area contributed by atoms with Crippen LogP contribution in [0.15, 0.2) is 30.5 Å². The fourth-order valence-corrected chi connectivity index (χ4v) is 2.04. The molecule has 0 bridgehead atoms. The number of carbonyl (C=O) groups excluding carboxylic acids is 2. The van der Waals surface area contributed by atoms with Crippen LogP contribution in [0.1, 0.15) is 29.5 Å². The van der Waals surface area contributed by atoms with Gasteiger partial charge in [-0.05, 0) is 31.5 Å². The maximum atomic E-state index is 12.7. The SMILES string of the molecule is Cc1nn(C(F)F)cc1-c1cccc(C(=O)N[C@@H](C)C(N)=O)c1. The van der Waals surface area contributed by atoms with Gasteiger partial charge in [0.15, 0.2) is 0 Å². The first-order valence-corrected chi connectivity index (χ1v) is 6.84. The molecular formula is C15H16F2N4O2. The molecule has 0 aliphatic heterocycles. The summed E-state index contributed by atoms with van der Waals surface area (Å²) in [7, 11) is 0. The summed E-state index contributed by atoms with van der Waals surface area (Å²) in [6.45, 7) is 0.349. The monoisotopic (exact) mass is 322 g/mol. The summed E-state index contributed by atoms with van der Waals surface area (Å²) in [6, 6.07) is 5.60. The quantitative estimate of drug-likeness (QED) is 0.880. The van der Waals surface area contributed by atoms with Crippen molar-refractivity contribution in [2.45, 2.75) is 26.4 Å². The Kier molecular flexibility index (Phi) is 4.73. The van der Waals surface area contributed by atoms with E-state index in [1.807, 2.05) is 0 Å². The van der Waals surface area contributed by atoms with Crippen molar-refractivity contribution in [1.29, 1.82) is 0 Å². The molecule has 3 N–H and O–H groups in total. The molecule has 0 unspecified atom stereocenters. The number of aromatic nitrogens is 2. The zero-order chi connectivity index (χ0) is 17.1. The summed E-state index contributed by atoms with van der Waals surface area (Å²) in [6.07, 6.45) is 1.23. The van der Waals surface area contributed by atoms with Crippen LogP contribution in [0.4, 0.5) is 8.78 Å². The van der Waals surface area contributed by atoms with Crippen LogP contribution in [0.3, 0.4) is 0 Å². The molecule has 122 valence electrons. The van der Waals surface area contributed by atoms with Gasteiger partial charge in [0.2, 0.25) is 5.91 Å². The summed E-state index contributed by atoms with van der Waals surface area (Å²) in [5, 5.41) is 6.20. The Labute approximate surface area is 131 Å². The summed E-state index contributed by atoms with van der Waals surface area (Å²) in [4.78, 5) is 23.1. The molecule has 2 rings (SSSR count). The molecule has 8 heteroatoms. The highest BCUT2D eigenvalue weighted by atomic mass is 19.3. The standard InChI is InChI=1S/C15H16F2N4O2/c1-8-12(7-21(20-8)15(16)17)10-4-3-5-11(6-10)14(23)19-9(2)13(18)22/h3-7,9,15H,1-2H3,(H2,18,22)(H,19,23)/t9-/m0/s1. The normalized spacial score (nSPS) is 12.2. The molecule has 2 amide bonds. The molecule has 1 heterocycles. The minimum absolute atomic E-state index is 0.291. The summed E-state index contributed by atoms with van der Waals surface area (Å²) in [5.74, 6) is -1.12. The predicted molar refractivity (Wildman–Crippen MR) is 79.8 cm³/mol. The van der Waals surface area contributed by atoms with Crippen LogP contribution in [0.2, 0.25) is 0 Å². The van der Waals surface area contributed by atoms with Crippen LogP contribution in [-0.2, 0) is 4.79 Å². The largest absolute Gasteiger partial charge is 0.368 e. The number of halogens is 2. The number of nitrogens with one attached hydrogen (secondary N) is 1. The Bertz CT molecular complexity index is 743. The number of amides is 2. The third-order valence-electron chi connectivity index (χ3n) is 3.33. The van der Waals surface area contributed by atoms with Crippen molar-refractivity contribution in [1.82, 2.24) is 15.1 Å². The maximum absolute atomic E-state index is 12.7. The van der Waals surface area contributed by atoms with E-state index in [4.69, 9.17) is 5.73 Å². The van der Waals surface area contributed by atoms with Crippen LogP contribution in [-0.4, -0.2) is 27.6 Å². The number of nitrogens with zero attached hydrogens (tertiary/aromatic N) is 2. The van der Waals surface area contributed by atoms with E-state index < -0.39 is 24.4 Å². The molecule has 0 aliphatic carbocycles. The Morgan fingerprint density at radius 1 is 1.35 bits per heavy atom. The van der Waals surface area contributed by atoms with Crippen molar-refractivity contribution in [3.63, 3.8) is 0 Å². The molecule has 1 aromatic heterocycles. The van der Waals surface area contributed by atoms with Gasteiger partial charge in [-0.15, -0.1) is 0 Å². The molecular weight excluding hydrogens is 306 g/mol. The van der Waals surface area contributed by atoms with Crippen molar-refractivity contribution in [3.05, 3.63) is 41.7 Å². The number of aryl methyl sites for hydroxylation is 1. The third kappa shape index (κ3) is 3.71. The van der Waals surface area contributed by atoms with E-state index in [1.54, 1.807) is 31.2 Å². The Morgan fingerprint density at radius 2 is 2.04 bits per heavy atom. The summed E-state index contributed by atoms with van der Waals surface area (Å²) >= 11 is 0. The van der Waals surface area contributed by atoms with Gasteiger partial charge in [-0.1, -0.05) is 12.1 Å².